The molecule has 1 saturated heterocycles. The van der Waals surface area contributed by atoms with Gasteiger partial charge in [-0.05, 0) is 30.2 Å². The van der Waals surface area contributed by atoms with Crippen LogP contribution in [0.3, 0.4) is 0 Å². The zero-order valence-corrected chi connectivity index (χ0v) is 14.9. The molecule has 0 radical (unpaired) electrons. The van der Waals surface area contributed by atoms with E-state index in [4.69, 9.17) is 4.74 Å². The van der Waals surface area contributed by atoms with Crippen LogP contribution >= 0.6 is 0 Å². The van der Waals surface area contributed by atoms with Crippen LogP contribution in [0.4, 0.5) is 11.4 Å². The number of fused-ring (bicyclic) bond motifs is 1. The first-order chi connectivity index (χ1) is 12.7. The van der Waals surface area contributed by atoms with Crippen LogP contribution in [0.25, 0.3) is 10.9 Å². The molecule has 5 heteroatoms. The summed E-state index contributed by atoms with van der Waals surface area (Å²) < 4.78 is 5.43. The van der Waals surface area contributed by atoms with E-state index in [2.05, 4.69) is 40.3 Å². The SMILES string of the molecule is Cc1cccc2c(CC(=O)Nc3ccccc3N3CCOCC3)c[nH]c12. The van der Waals surface area contributed by atoms with Crippen molar-refractivity contribution < 1.29 is 9.53 Å². The van der Waals surface area contributed by atoms with E-state index in [0.29, 0.717) is 6.42 Å². The highest BCUT2D eigenvalue weighted by atomic mass is 16.5. The van der Waals surface area contributed by atoms with Gasteiger partial charge < -0.3 is 19.9 Å². The van der Waals surface area contributed by atoms with E-state index in [-0.39, 0.29) is 5.91 Å². The zero-order chi connectivity index (χ0) is 17.9. The number of hydrogen-bond acceptors (Lipinski definition) is 3. The number of carbonyl (C=O) groups excluding carboxylic acids is 1. The third-order valence-corrected chi connectivity index (χ3v) is 4.89. The van der Waals surface area contributed by atoms with Gasteiger partial charge in [0.05, 0.1) is 31.0 Å². The van der Waals surface area contributed by atoms with E-state index < -0.39 is 0 Å². The summed E-state index contributed by atoms with van der Waals surface area (Å²) in [6, 6.07) is 14.1. The molecule has 2 heterocycles. The lowest BCUT2D eigenvalue weighted by molar-refractivity contribution is -0.115. The van der Waals surface area contributed by atoms with Gasteiger partial charge in [0.1, 0.15) is 0 Å². The van der Waals surface area contributed by atoms with Crippen molar-refractivity contribution in [3.8, 4) is 0 Å². The van der Waals surface area contributed by atoms with Crippen LogP contribution < -0.4 is 10.2 Å². The number of aromatic amines is 1. The number of anilines is 2. The molecule has 5 nitrogen and oxygen atoms in total. The van der Waals surface area contributed by atoms with E-state index in [9.17, 15) is 4.79 Å². The van der Waals surface area contributed by atoms with Crippen LogP contribution in [-0.2, 0) is 16.0 Å². The molecule has 1 amide bonds. The molecule has 0 aliphatic carbocycles. The van der Waals surface area contributed by atoms with Gasteiger partial charge in [-0.25, -0.2) is 0 Å². The summed E-state index contributed by atoms with van der Waals surface area (Å²) in [7, 11) is 0. The first-order valence-electron chi connectivity index (χ1n) is 8.99. The van der Waals surface area contributed by atoms with Gasteiger partial charge in [0.15, 0.2) is 0 Å². The molecule has 0 atom stereocenters. The highest BCUT2D eigenvalue weighted by Gasteiger charge is 2.16. The molecule has 1 aliphatic rings. The van der Waals surface area contributed by atoms with Crippen molar-refractivity contribution in [2.75, 3.05) is 36.5 Å². The van der Waals surface area contributed by atoms with Crippen molar-refractivity contribution in [2.45, 2.75) is 13.3 Å². The molecule has 2 N–H and O–H groups in total. The van der Waals surface area contributed by atoms with Gasteiger partial charge in [-0.1, -0.05) is 30.3 Å². The number of hydrogen-bond donors (Lipinski definition) is 2. The average Bonchev–Trinajstić information content (AvgIpc) is 3.07. The molecule has 0 saturated carbocycles. The molecule has 26 heavy (non-hydrogen) atoms. The second-order valence-electron chi connectivity index (χ2n) is 6.65. The molecule has 0 unspecified atom stereocenters. The normalized spacial score (nSPS) is 14.6. The van der Waals surface area contributed by atoms with Crippen molar-refractivity contribution in [1.82, 2.24) is 4.98 Å². The number of H-pyrrole nitrogens is 1. The number of nitrogens with one attached hydrogen (secondary N) is 2. The fraction of sp³-hybridized carbons (Fsp3) is 0.286. The number of para-hydroxylation sites is 3. The van der Waals surface area contributed by atoms with Crippen LogP contribution in [0.1, 0.15) is 11.1 Å². The standard InChI is InChI=1S/C21H23N3O2/c1-15-5-4-6-17-16(14-22-21(15)17)13-20(25)23-18-7-2-3-8-19(18)24-9-11-26-12-10-24/h2-8,14,22H,9-13H2,1H3,(H,23,25). The van der Waals surface area contributed by atoms with Gasteiger partial charge in [-0.2, -0.15) is 0 Å². The predicted molar refractivity (Wildman–Crippen MR) is 105 cm³/mol. The van der Waals surface area contributed by atoms with Crippen LogP contribution in [-0.4, -0.2) is 37.2 Å². The van der Waals surface area contributed by atoms with Crippen LogP contribution in [0, 0.1) is 6.92 Å². The van der Waals surface area contributed by atoms with Crippen molar-refractivity contribution in [1.29, 1.82) is 0 Å². The largest absolute Gasteiger partial charge is 0.378 e. The van der Waals surface area contributed by atoms with Crippen molar-refractivity contribution in [3.63, 3.8) is 0 Å². The van der Waals surface area contributed by atoms with E-state index in [0.717, 1.165) is 54.1 Å². The van der Waals surface area contributed by atoms with Gasteiger partial charge in [-0.15, -0.1) is 0 Å². The number of benzene rings is 2. The fourth-order valence-electron chi connectivity index (χ4n) is 3.54. The molecule has 1 fully saturated rings. The Bertz CT molecular complexity index is 926. The Labute approximate surface area is 153 Å². The Morgan fingerprint density at radius 3 is 2.81 bits per heavy atom. The summed E-state index contributed by atoms with van der Waals surface area (Å²) in [5.41, 5.74) is 5.22. The number of nitrogens with zero attached hydrogens (tertiary/aromatic N) is 1. The van der Waals surface area contributed by atoms with Crippen LogP contribution in [0.2, 0.25) is 0 Å². The second-order valence-corrected chi connectivity index (χ2v) is 6.65. The third-order valence-electron chi connectivity index (χ3n) is 4.89. The summed E-state index contributed by atoms with van der Waals surface area (Å²) in [5, 5.41) is 4.20. The molecule has 1 aliphatic heterocycles. The Morgan fingerprint density at radius 1 is 1.15 bits per heavy atom. The lowest BCUT2D eigenvalue weighted by Crippen LogP contribution is -2.36. The Hall–Kier alpha value is -2.79. The van der Waals surface area contributed by atoms with Gasteiger partial charge >= 0.3 is 0 Å². The topological polar surface area (TPSA) is 57.4 Å². The van der Waals surface area contributed by atoms with Crippen LogP contribution in [0.15, 0.2) is 48.7 Å². The lowest BCUT2D eigenvalue weighted by Gasteiger charge is -2.30. The second kappa shape index (κ2) is 7.22. The maximum atomic E-state index is 12.7. The van der Waals surface area contributed by atoms with E-state index in [1.165, 1.54) is 5.56 Å². The summed E-state index contributed by atoms with van der Waals surface area (Å²) in [6.07, 6.45) is 2.28. The van der Waals surface area contributed by atoms with Crippen molar-refractivity contribution in [2.24, 2.45) is 0 Å². The number of aryl methyl sites for hydroxylation is 1. The fourth-order valence-corrected chi connectivity index (χ4v) is 3.54. The quantitative estimate of drug-likeness (QED) is 0.758. The average molecular weight is 349 g/mol. The Kier molecular flexibility index (Phi) is 4.63. The van der Waals surface area contributed by atoms with Crippen molar-refractivity contribution >= 4 is 28.2 Å². The number of carbonyl (C=O) groups is 1. The predicted octanol–water partition coefficient (Wildman–Crippen LogP) is 3.49. The number of rotatable bonds is 4. The highest BCUT2D eigenvalue weighted by Crippen LogP contribution is 2.27. The lowest BCUT2D eigenvalue weighted by atomic mass is 10.1. The number of morpholine rings is 1. The highest BCUT2D eigenvalue weighted by molar-refractivity contribution is 5.98. The Balaban J connectivity index is 1.52. The summed E-state index contributed by atoms with van der Waals surface area (Å²) in [4.78, 5) is 18.2. The molecule has 2 aromatic carbocycles. The maximum Gasteiger partial charge on any atom is 0.228 e. The minimum atomic E-state index is -0.00637. The Morgan fingerprint density at radius 2 is 1.96 bits per heavy atom. The first kappa shape index (κ1) is 16.7. The molecule has 3 aromatic rings. The third kappa shape index (κ3) is 3.30. The first-order valence-corrected chi connectivity index (χ1v) is 8.99. The molecular weight excluding hydrogens is 326 g/mol. The minimum absolute atomic E-state index is 0.00637. The number of ether oxygens (including phenoxy) is 1. The summed E-state index contributed by atoms with van der Waals surface area (Å²) in [6.45, 7) is 5.19. The van der Waals surface area contributed by atoms with E-state index in [1.54, 1.807) is 0 Å². The number of aromatic nitrogens is 1. The molecule has 0 bridgehead atoms. The molecule has 134 valence electrons. The van der Waals surface area contributed by atoms with Gasteiger partial charge in [0, 0.05) is 30.2 Å². The summed E-state index contributed by atoms with van der Waals surface area (Å²) >= 11 is 0. The van der Waals surface area contributed by atoms with E-state index in [1.807, 2.05) is 30.5 Å². The monoisotopic (exact) mass is 349 g/mol. The molecule has 0 spiro atoms. The van der Waals surface area contributed by atoms with Gasteiger partial charge in [0.25, 0.3) is 0 Å². The van der Waals surface area contributed by atoms with Crippen molar-refractivity contribution in [3.05, 3.63) is 59.8 Å². The molecular formula is C21H23N3O2. The zero-order valence-electron chi connectivity index (χ0n) is 14.9. The van der Waals surface area contributed by atoms with E-state index >= 15 is 0 Å². The minimum Gasteiger partial charge on any atom is -0.378 e. The van der Waals surface area contributed by atoms with Gasteiger partial charge in [-0.3, -0.25) is 4.79 Å². The molecule has 4 rings (SSSR count). The smallest absolute Gasteiger partial charge is 0.228 e. The number of amides is 1. The van der Waals surface area contributed by atoms with Gasteiger partial charge in [0.2, 0.25) is 5.91 Å². The van der Waals surface area contributed by atoms with Crippen LogP contribution in [0.5, 0.6) is 0 Å². The summed E-state index contributed by atoms with van der Waals surface area (Å²) in [5.74, 6) is -0.00637. The maximum absolute atomic E-state index is 12.7. The molecule has 1 aromatic heterocycles.